The molecule has 0 atom stereocenters. The minimum atomic E-state index is 0.931. The Kier molecular flexibility index (Phi) is 6.36. The van der Waals surface area contributed by atoms with Gasteiger partial charge in [0, 0.05) is 61.9 Å². The molecule has 1 nitrogen and oxygen atoms in total. The maximum absolute atomic E-state index is 6.56. The molecule has 0 fully saturated rings. The monoisotopic (exact) mass is 684 g/mol. The first-order valence-corrected chi connectivity index (χ1v) is 18.9. The van der Waals surface area contributed by atoms with Crippen LogP contribution in [0.5, 0.6) is 0 Å². The molecule has 0 amide bonds. The zero-order valence-electron chi connectivity index (χ0n) is 27.4. The average Bonchev–Trinajstić information content (AvgIpc) is 3.87. The molecule has 0 radical (unpaired) electrons. The summed E-state index contributed by atoms with van der Waals surface area (Å²) >= 11 is 3.75. The zero-order valence-corrected chi connectivity index (χ0v) is 29.0. The van der Waals surface area contributed by atoms with Crippen molar-refractivity contribution in [3.8, 4) is 22.3 Å². The van der Waals surface area contributed by atoms with Crippen molar-refractivity contribution in [1.82, 2.24) is 0 Å². The quantitative estimate of drug-likeness (QED) is 0.177. The van der Waals surface area contributed by atoms with E-state index in [1.54, 1.807) is 0 Å². The van der Waals surface area contributed by atoms with Crippen molar-refractivity contribution in [1.29, 1.82) is 0 Å². The molecule has 0 saturated carbocycles. The SMILES string of the molecule is c1cccc(-c2ccc3c(c2)sc2c4ccccc4c4oc5ccccc5c4c32)c2ccccc2c(-c2ccc3c(c2)sc2ccccc23)cc1. The summed E-state index contributed by atoms with van der Waals surface area (Å²) < 4.78 is 11.8. The lowest BCUT2D eigenvalue weighted by molar-refractivity contribution is 0.673. The number of rotatable bonds is 2. The summed E-state index contributed by atoms with van der Waals surface area (Å²) in [5.74, 6) is 0. The number of hydrogen-bond acceptors (Lipinski definition) is 3. The highest BCUT2D eigenvalue weighted by Gasteiger charge is 2.20. The van der Waals surface area contributed by atoms with Gasteiger partial charge >= 0.3 is 0 Å². The number of benzene rings is 7. The van der Waals surface area contributed by atoms with Gasteiger partial charge in [0.15, 0.2) is 0 Å². The van der Waals surface area contributed by atoms with Gasteiger partial charge in [-0.3, -0.25) is 0 Å². The Morgan fingerprint density at radius 3 is 1.59 bits per heavy atom. The van der Waals surface area contributed by atoms with E-state index in [0.717, 1.165) is 11.2 Å². The lowest BCUT2D eigenvalue weighted by Crippen LogP contribution is -1.83. The molecule has 11 aromatic rings. The molecule has 3 heterocycles. The molecule has 3 heteroatoms. The van der Waals surface area contributed by atoms with Crippen molar-refractivity contribution in [2.75, 3.05) is 0 Å². The van der Waals surface area contributed by atoms with E-state index in [9.17, 15) is 0 Å². The third kappa shape index (κ3) is 4.39. The van der Waals surface area contributed by atoms with E-state index in [1.165, 1.54) is 94.9 Å². The lowest BCUT2D eigenvalue weighted by atomic mass is 9.94. The molecular formula is C48H28OS2. The van der Waals surface area contributed by atoms with E-state index < -0.39 is 0 Å². The highest BCUT2D eigenvalue weighted by Crippen LogP contribution is 2.48. The molecule has 0 N–H and O–H groups in total. The second kappa shape index (κ2) is 11.3. The predicted octanol–water partition coefficient (Wildman–Crippen LogP) is 15.1. The number of thiophene rings is 2. The Labute approximate surface area is 301 Å². The van der Waals surface area contributed by atoms with Gasteiger partial charge in [0.25, 0.3) is 0 Å². The van der Waals surface area contributed by atoms with Crippen molar-refractivity contribution < 1.29 is 4.42 Å². The smallest absolute Gasteiger partial charge is 0.143 e. The first-order chi connectivity index (χ1) is 25.3. The molecule has 0 spiro atoms. The molecule has 51 heavy (non-hydrogen) atoms. The number of furan rings is 1. The third-order valence-electron chi connectivity index (χ3n) is 10.3. The molecule has 0 unspecified atom stereocenters. The van der Waals surface area contributed by atoms with Crippen molar-refractivity contribution in [3.63, 3.8) is 0 Å². The summed E-state index contributed by atoms with van der Waals surface area (Å²) in [6.45, 7) is 0. The van der Waals surface area contributed by atoms with Crippen LogP contribution in [0.1, 0.15) is 0 Å². The van der Waals surface area contributed by atoms with Gasteiger partial charge in [0.2, 0.25) is 0 Å². The van der Waals surface area contributed by atoms with Crippen molar-refractivity contribution in [3.05, 3.63) is 170 Å². The van der Waals surface area contributed by atoms with Crippen molar-refractivity contribution >= 4 is 107 Å². The molecule has 0 aliphatic carbocycles. The van der Waals surface area contributed by atoms with Gasteiger partial charge in [-0.25, -0.2) is 0 Å². The van der Waals surface area contributed by atoms with Crippen molar-refractivity contribution in [2.24, 2.45) is 0 Å². The van der Waals surface area contributed by atoms with Crippen LogP contribution < -0.4 is 0 Å². The van der Waals surface area contributed by atoms with Gasteiger partial charge in [-0.05, 0) is 57.3 Å². The molecule has 8 aromatic carbocycles. The minimum Gasteiger partial charge on any atom is -0.455 e. The molecular weight excluding hydrogens is 657 g/mol. The van der Waals surface area contributed by atoms with E-state index >= 15 is 0 Å². The highest BCUT2D eigenvalue weighted by atomic mass is 32.1. The largest absolute Gasteiger partial charge is 0.455 e. The van der Waals surface area contributed by atoms with Crippen LogP contribution in [0.4, 0.5) is 0 Å². The van der Waals surface area contributed by atoms with E-state index in [1.807, 2.05) is 22.7 Å². The van der Waals surface area contributed by atoms with Gasteiger partial charge in [-0.1, -0.05) is 146 Å². The molecule has 11 rings (SSSR count). The Balaban J connectivity index is 1.18. The summed E-state index contributed by atoms with van der Waals surface area (Å²) in [5, 5.41) is 12.4. The van der Waals surface area contributed by atoms with Crippen LogP contribution in [-0.4, -0.2) is 0 Å². The molecule has 0 aliphatic heterocycles. The summed E-state index contributed by atoms with van der Waals surface area (Å²) in [5.41, 5.74) is 6.74. The molecule has 238 valence electrons. The van der Waals surface area contributed by atoms with Crippen LogP contribution >= 0.6 is 22.7 Å². The fraction of sp³-hybridized carbons (Fsp3) is 0. The topological polar surface area (TPSA) is 13.1 Å². The Morgan fingerprint density at radius 2 is 0.863 bits per heavy atom. The number of fused-ring (bicyclic) bond motifs is 14. The summed E-state index contributed by atoms with van der Waals surface area (Å²) in [6.07, 6.45) is 0. The standard InChI is InChI=1S/C48H28OS2/c1-2-4-14-32(34-16-6-5-15-33(34)31(13-3-1)29-23-25-36-35-17-10-12-22-42(35)50-43(36)27-29)30-24-26-40-44(28-30)51-48-38-19-8-7-18-37(38)47-45(46(40)48)39-20-9-11-21-41(39)49-47/h1-28H. The molecule has 0 saturated heterocycles. The van der Waals surface area contributed by atoms with Crippen LogP contribution in [0.2, 0.25) is 0 Å². The van der Waals surface area contributed by atoms with E-state index in [2.05, 4.69) is 170 Å². The predicted molar refractivity (Wildman–Crippen MR) is 223 cm³/mol. The van der Waals surface area contributed by atoms with Crippen LogP contribution in [0, 0.1) is 0 Å². The maximum Gasteiger partial charge on any atom is 0.143 e. The van der Waals surface area contributed by atoms with Gasteiger partial charge in [0.1, 0.15) is 11.2 Å². The Bertz CT molecular complexity index is 3260. The molecule has 3 aromatic heterocycles. The minimum absolute atomic E-state index is 0.931. The molecule has 0 bridgehead atoms. The number of hydrogen-bond donors (Lipinski definition) is 0. The highest BCUT2D eigenvalue weighted by molar-refractivity contribution is 7.27. The van der Waals surface area contributed by atoms with Crippen LogP contribution in [-0.2, 0) is 0 Å². The summed E-state index contributed by atoms with van der Waals surface area (Å²) in [6, 6.07) is 61.8. The zero-order chi connectivity index (χ0) is 33.5. The van der Waals surface area contributed by atoms with Crippen LogP contribution in [0.15, 0.2) is 174 Å². The van der Waals surface area contributed by atoms with E-state index in [0.29, 0.717) is 0 Å². The fourth-order valence-electron chi connectivity index (χ4n) is 8.03. The van der Waals surface area contributed by atoms with E-state index in [-0.39, 0.29) is 0 Å². The van der Waals surface area contributed by atoms with Crippen LogP contribution in [0.25, 0.3) is 106 Å². The molecule has 0 aliphatic rings. The summed E-state index contributed by atoms with van der Waals surface area (Å²) in [7, 11) is 0. The van der Waals surface area contributed by atoms with Gasteiger partial charge < -0.3 is 4.42 Å². The van der Waals surface area contributed by atoms with Gasteiger partial charge in [-0.15, -0.1) is 22.7 Å². The normalized spacial score (nSPS) is 11.9. The lowest BCUT2D eigenvalue weighted by Gasteiger charge is -2.10. The first-order valence-electron chi connectivity index (χ1n) is 17.3. The summed E-state index contributed by atoms with van der Waals surface area (Å²) in [4.78, 5) is 0. The van der Waals surface area contributed by atoms with Gasteiger partial charge in [0.05, 0.1) is 0 Å². The first kappa shape index (κ1) is 28.8. The fourth-order valence-corrected chi connectivity index (χ4v) is 10.5. The second-order valence-corrected chi connectivity index (χ2v) is 15.3. The van der Waals surface area contributed by atoms with Gasteiger partial charge in [-0.2, -0.15) is 0 Å². The van der Waals surface area contributed by atoms with Crippen LogP contribution in [0.3, 0.4) is 0 Å². The Morgan fingerprint density at radius 1 is 0.333 bits per heavy atom. The number of para-hydroxylation sites is 1. The maximum atomic E-state index is 6.56. The third-order valence-corrected chi connectivity index (χ3v) is 12.6. The second-order valence-electron chi connectivity index (χ2n) is 13.2. The van der Waals surface area contributed by atoms with Crippen molar-refractivity contribution in [2.45, 2.75) is 0 Å². The average molecular weight is 685 g/mol. The Hall–Kier alpha value is -6.00. The van der Waals surface area contributed by atoms with E-state index in [4.69, 9.17) is 4.42 Å².